The van der Waals surface area contributed by atoms with Gasteiger partial charge in [0.25, 0.3) is 0 Å². The van der Waals surface area contributed by atoms with E-state index in [1.165, 1.54) is 0 Å². The third kappa shape index (κ3) is 32.2. The number of hydrogen-bond acceptors (Lipinski definition) is 12. The number of nitrogens with one attached hydrogen (secondary N) is 1. The molecular weight excluding hydrogens is 550 g/mol. The molecule has 0 saturated heterocycles. The molecular formula is C30H61NO11. The Morgan fingerprint density at radius 3 is 1.02 bits per heavy atom. The van der Waals surface area contributed by atoms with Crippen LogP contribution in [0.2, 0.25) is 0 Å². The molecule has 12 nitrogen and oxygen atoms in total. The molecule has 0 aromatic rings. The zero-order valence-electron chi connectivity index (χ0n) is 27.2. The first-order chi connectivity index (χ1) is 20.3. The zero-order valence-corrected chi connectivity index (χ0v) is 27.2. The van der Waals surface area contributed by atoms with Crippen molar-refractivity contribution in [2.24, 2.45) is 5.92 Å². The van der Waals surface area contributed by atoms with Crippen molar-refractivity contribution in [3.63, 3.8) is 0 Å². The van der Waals surface area contributed by atoms with Crippen molar-refractivity contribution >= 4 is 5.78 Å². The largest absolute Gasteiger partial charge is 0.377 e. The Labute approximate surface area is 254 Å². The van der Waals surface area contributed by atoms with E-state index in [0.29, 0.717) is 119 Å². The molecule has 252 valence electrons. The van der Waals surface area contributed by atoms with Gasteiger partial charge in [0.1, 0.15) is 5.78 Å². The van der Waals surface area contributed by atoms with Crippen LogP contribution in [0.3, 0.4) is 0 Å². The number of Topliss-reactive ketones (excluding diaryl/α,β-unsaturated/α-hetero) is 1. The lowest BCUT2D eigenvalue weighted by molar-refractivity contribution is -0.121. The molecule has 0 heterocycles. The SMILES string of the molecule is CC(C)OCCOCCOCCOCCOCC(COCCOCCOCCOCCOC(C)C)NCC(=O)C(C)C. The van der Waals surface area contributed by atoms with Gasteiger partial charge in [0.05, 0.1) is 144 Å². The fourth-order valence-corrected chi connectivity index (χ4v) is 3.07. The molecule has 0 saturated carbocycles. The van der Waals surface area contributed by atoms with Gasteiger partial charge >= 0.3 is 0 Å². The van der Waals surface area contributed by atoms with Crippen molar-refractivity contribution in [1.29, 1.82) is 0 Å². The maximum atomic E-state index is 12.0. The fourth-order valence-electron chi connectivity index (χ4n) is 3.07. The Morgan fingerprint density at radius 2 is 0.738 bits per heavy atom. The van der Waals surface area contributed by atoms with Crippen LogP contribution in [-0.4, -0.2) is 150 Å². The summed E-state index contributed by atoms with van der Waals surface area (Å²) in [5.74, 6) is 0.123. The van der Waals surface area contributed by atoms with E-state index in [4.69, 9.17) is 47.4 Å². The topological polar surface area (TPSA) is 121 Å². The van der Waals surface area contributed by atoms with E-state index < -0.39 is 0 Å². The molecule has 0 atom stereocenters. The highest BCUT2D eigenvalue weighted by molar-refractivity contribution is 5.82. The summed E-state index contributed by atoms with van der Waals surface area (Å²) in [7, 11) is 0. The van der Waals surface area contributed by atoms with E-state index in [9.17, 15) is 4.79 Å². The number of ether oxygens (including phenoxy) is 10. The number of carbonyl (C=O) groups excluding carboxylic acids is 1. The maximum absolute atomic E-state index is 12.0. The lowest BCUT2D eigenvalue weighted by Gasteiger charge is -2.19. The monoisotopic (exact) mass is 611 g/mol. The standard InChI is InChI=1S/C30H61NO11/c1-26(2)30(32)23-31-29(24-39-17-15-35-9-7-33-11-13-37-19-21-41-27(3)4)25-40-18-16-36-10-8-34-12-14-38-20-22-42-28(5)6/h26-29,31H,7-25H2,1-6H3. The molecule has 0 aromatic carbocycles. The summed E-state index contributed by atoms with van der Waals surface area (Å²) in [5.41, 5.74) is 0. The molecule has 0 radical (unpaired) electrons. The molecule has 0 rings (SSSR count). The van der Waals surface area contributed by atoms with E-state index in [-0.39, 0.29) is 36.5 Å². The second-order valence-electron chi connectivity index (χ2n) is 10.4. The maximum Gasteiger partial charge on any atom is 0.149 e. The number of carbonyl (C=O) groups is 1. The second kappa shape index (κ2) is 31.6. The van der Waals surface area contributed by atoms with Crippen LogP contribution in [0.15, 0.2) is 0 Å². The summed E-state index contributed by atoms with van der Waals surface area (Å²) in [6.07, 6.45) is 0.435. The van der Waals surface area contributed by atoms with Crippen LogP contribution in [0, 0.1) is 5.92 Å². The molecule has 0 spiro atoms. The second-order valence-corrected chi connectivity index (χ2v) is 10.4. The molecule has 0 unspecified atom stereocenters. The van der Waals surface area contributed by atoms with Crippen LogP contribution in [0.5, 0.6) is 0 Å². The molecule has 0 bridgehead atoms. The van der Waals surface area contributed by atoms with Crippen LogP contribution in [0.25, 0.3) is 0 Å². The van der Waals surface area contributed by atoms with Crippen LogP contribution in [0.4, 0.5) is 0 Å². The van der Waals surface area contributed by atoms with Gasteiger partial charge < -0.3 is 52.7 Å². The van der Waals surface area contributed by atoms with Gasteiger partial charge in [-0.2, -0.15) is 0 Å². The molecule has 0 aliphatic rings. The number of rotatable bonds is 34. The highest BCUT2D eigenvalue weighted by Gasteiger charge is 2.13. The average Bonchev–Trinajstić information content (AvgIpc) is 2.95. The van der Waals surface area contributed by atoms with E-state index in [2.05, 4.69) is 5.32 Å². The highest BCUT2D eigenvalue weighted by Crippen LogP contribution is 1.96. The number of ketones is 1. The molecule has 0 aromatic heterocycles. The van der Waals surface area contributed by atoms with Gasteiger partial charge in [0.2, 0.25) is 0 Å². The van der Waals surface area contributed by atoms with Crippen molar-refractivity contribution in [2.45, 2.75) is 59.8 Å². The van der Waals surface area contributed by atoms with Crippen molar-refractivity contribution < 1.29 is 52.2 Å². The van der Waals surface area contributed by atoms with Gasteiger partial charge in [0, 0.05) is 5.92 Å². The minimum Gasteiger partial charge on any atom is -0.377 e. The Balaban J connectivity index is 3.76. The third-order valence-corrected chi connectivity index (χ3v) is 5.44. The highest BCUT2D eigenvalue weighted by atomic mass is 16.6. The lowest BCUT2D eigenvalue weighted by Crippen LogP contribution is -2.41. The average molecular weight is 612 g/mol. The zero-order chi connectivity index (χ0) is 31.1. The van der Waals surface area contributed by atoms with Crippen molar-refractivity contribution in [3.05, 3.63) is 0 Å². The number of hydrogen-bond donors (Lipinski definition) is 1. The predicted molar refractivity (Wildman–Crippen MR) is 160 cm³/mol. The Bertz CT molecular complexity index is 531. The summed E-state index contributed by atoms with van der Waals surface area (Å²) in [5, 5.41) is 3.24. The summed E-state index contributed by atoms with van der Waals surface area (Å²) < 4.78 is 55.2. The van der Waals surface area contributed by atoms with Crippen LogP contribution < -0.4 is 5.32 Å². The van der Waals surface area contributed by atoms with E-state index in [0.717, 1.165) is 0 Å². The quantitative estimate of drug-likeness (QED) is 0.107. The molecule has 0 amide bonds. The van der Waals surface area contributed by atoms with Gasteiger partial charge in [-0.05, 0) is 27.7 Å². The Hall–Kier alpha value is -0.770. The first kappa shape index (κ1) is 41.2. The minimum atomic E-state index is -0.115. The first-order valence-corrected chi connectivity index (χ1v) is 15.4. The van der Waals surface area contributed by atoms with Crippen molar-refractivity contribution in [1.82, 2.24) is 5.32 Å². The molecule has 0 fully saturated rings. The summed E-state index contributed by atoms with van der Waals surface area (Å²) in [6.45, 7) is 21.1. The lowest BCUT2D eigenvalue weighted by atomic mass is 10.1. The van der Waals surface area contributed by atoms with Gasteiger partial charge in [-0.1, -0.05) is 13.8 Å². The minimum absolute atomic E-state index is 0.0258. The van der Waals surface area contributed by atoms with Crippen LogP contribution >= 0.6 is 0 Å². The molecule has 0 aliphatic heterocycles. The summed E-state index contributed by atoms with van der Waals surface area (Å²) >= 11 is 0. The van der Waals surface area contributed by atoms with Crippen molar-refractivity contribution in [2.75, 3.05) is 125 Å². The van der Waals surface area contributed by atoms with E-state index >= 15 is 0 Å². The van der Waals surface area contributed by atoms with Gasteiger partial charge in [-0.3, -0.25) is 4.79 Å². The van der Waals surface area contributed by atoms with Crippen molar-refractivity contribution in [3.8, 4) is 0 Å². The summed E-state index contributed by atoms with van der Waals surface area (Å²) in [4.78, 5) is 12.0. The smallest absolute Gasteiger partial charge is 0.149 e. The van der Waals surface area contributed by atoms with E-state index in [1.807, 2.05) is 41.5 Å². The predicted octanol–water partition coefficient (Wildman–Crippen LogP) is 2.15. The Kier molecular flexibility index (Phi) is 31.1. The van der Waals surface area contributed by atoms with Crippen LogP contribution in [-0.2, 0) is 52.2 Å². The molecule has 0 aliphatic carbocycles. The molecule has 1 N–H and O–H groups in total. The normalized spacial score (nSPS) is 12.0. The fraction of sp³-hybridized carbons (Fsp3) is 0.967. The Morgan fingerprint density at radius 1 is 0.452 bits per heavy atom. The molecule has 12 heteroatoms. The van der Waals surface area contributed by atoms with E-state index in [1.54, 1.807) is 0 Å². The molecule has 42 heavy (non-hydrogen) atoms. The van der Waals surface area contributed by atoms with Gasteiger partial charge in [-0.15, -0.1) is 0 Å². The van der Waals surface area contributed by atoms with Gasteiger partial charge in [0.15, 0.2) is 0 Å². The van der Waals surface area contributed by atoms with Crippen LogP contribution in [0.1, 0.15) is 41.5 Å². The first-order valence-electron chi connectivity index (χ1n) is 15.4. The van der Waals surface area contributed by atoms with Gasteiger partial charge in [-0.25, -0.2) is 0 Å². The summed E-state index contributed by atoms with van der Waals surface area (Å²) in [6, 6.07) is -0.115. The third-order valence-electron chi connectivity index (χ3n) is 5.44.